The molecule has 1 aromatic heterocycles. The van der Waals surface area contributed by atoms with Crippen molar-refractivity contribution in [3.8, 4) is 0 Å². The summed E-state index contributed by atoms with van der Waals surface area (Å²) in [4.78, 5) is 27.4. The lowest BCUT2D eigenvalue weighted by Gasteiger charge is -2.12. The Balaban J connectivity index is 2.10. The number of halogens is 1. The van der Waals surface area contributed by atoms with Gasteiger partial charge in [0.15, 0.2) is 0 Å². The molecule has 2 rings (SSSR count). The highest BCUT2D eigenvalue weighted by Gasteiger charge is 2.22. The first-order valence-electron chi connectivity index (χ1n) is 5.99. The molecule has 98 valence electrons. The largest absolute Gasteiger partial charge is 0.354 e. The van der Waals surface area contributed by atoms with E-state index in [0.717, 1.165) is 10.2 Å². The van der Waals surface area contributed by atoms with Crippen LogP contribution < -0.4 is 11.0 Å². The van der Waals surface area contributed by atoms with Crippen LogP contribution in [0.15, 0.2) is 9.27 Å². The molecule has 0 bridgehead atoms. The van der Waals surface area contributed by atoms with E-state index in [-0.39, 0.29) is 18.1 Å². The van der Waals surface area contributed by atoms with Crippen LogP contribution in [0.4, 0.5) is 0 Å². The van der Waals surface area contributed by atoms with E-state index in [1.807, 2.05) is 0 Å². The molecule has 1 aliphatic carbocycles. The molecule has 1 N–H and O–H groups in total. The van der Waals surface area contributed by atoms with Crippen LogP contribution in [0.2, 0.25) is 0 Å². The summed E-state index contributed by atoms with van der Waals surface area (Å²) in [5.41, 5.74) is 0.996. The number of aryl methyl sites for hydroxylation is 1. The fourth-order valence-corrected chi connectivity index (χ4v) is 2.05. The first-order chi connectivity index (χ1) is 8.49. The van der Waals surface area contributed by atoms with Gasteiger partial charge in [-0.05, 0) is 48.5 Å². The molecule has 0 spiro atoms. The molecule has 1 aromatic rings. The second-order valence-electron chi connectivity index (χ2n) is 4.71. The van der Waals surface area contributed by atoms with Crippen molar-refractivity contribution >= 4 is 21.8 Å². The Morgan fingerprint density at radius 3 is 2.78 bits per heavy atom. The average Bonchev–Trinajstić information content (AvgIpc) is 3.13. The van der Waals surface area contributed by atoms with E-state index < -0.39 is 0 Å². The second-order valence-corrected chi connectivity index (χ2v) is 5.51. The molecule has 0 radical (unpaired) electrons. The minimum Gasteiger partial charge on any atom is -0.354 e. The number of carbonyl (C=O) groups excluding carboxylic acids is 1. The summed E-state index contributed by atoms with van der Waals surface area (Å²) >= 11 is 3.37. The van der Waals surface area contributed by atoms with Crippen LogP contribution in [0.5, 0.6) is 0 Å². The number of nitrogens with zero attached hydrogens (tertiary/aromatic N) is 2. The lowest BCUT2D eigenvalue weighted by molar-refractivity contribution is -0.121. The Morgan fingerprint density at radius 1 is 1.50 bits per heavy atom. The molecule has 0 saturated heterocycles. The monoisotopic (exact) mass is 313 g/mol. The third-order valence-electron chi connectivity index (χ3n) is 3.12. The van der Waals surface area contributed by atoms with Crippen molar-refractivity contribution in [3.05, 3.63) is 26.3 Å². The van der Waals surface area contributed by atoms with Gasteiger partial charge in [-0.25, -0.2) is 4.79 Å². The maximum absolute atomic E-state index is 11.8. The highest BCUT2D eigenvalue weighted by atomic mass is 79.9. The average molecular weight is 314 g/mol. The van der Waals surface area contributed by atoms with E-state index in [2.05, 4.69) is 26.2 Å². The van der Waals surface area contributed by atoms with Gasteiger partial charge in [0.05, 0.1) is 10.2 Å². The molecule has 1 heterocycles. The maximum Gasteiger partial charge on any atom is 0.348 e. The lowest BCUT2D eigenvalue weighted by atomic mass is 10.3. The second kappa shape index (κ2) is 5.22. The van der Waals surface area contributed by atoms with Gasteiger partial charge in [0, 0.05) is 12.2 Å². The zero-order valence-corrected chi connectivity index (χ0v) is 12.1. The molecule has 0 aromatic carbocycles. The van der Waals surface area contributed by atoms with Crippen LogP contribution in [-0.2, 0) is 11.3 Å². The molecule has 5 nitrogen and oxygen atoms in total. The van der Waals surface area contributed by atoms with E-state index in [4.69, 9.17) is 0 Å². The molecule has 1 fully saturated rings. The topological polar surface area (TPSA) is 64.0 Å². The number of hydrogen-bond acceptors (Lipinski definition) is 3. The third-order valence-corrected chi connectivity index (χ3v) is 4.27. The molecule has 1 amide bonds. The van der Waals surface area contributed by atoms with Gasteiger partial charge >= 0.3 is 5.69 Å². The zero-order valence-electron chi connectivity index (χ0n) is 10.5. The Morgan fingerprint density at radius 2 is 2.17 bits per heavy atom. The first kappa shape index (κ1) is 13.3. The molecular formula is C12H16BrN3O2. The Bertz CT molecular complexity index is 535. The minimum atomic E-state index is -0.380. The van der Waals surface area contributed by atoms with Gasteiger partial charge < -0.3 is 5.32 Å². The molecule has 6 heteroatoms. The van der Waals surface area contributed by atoms with Gasteiger partial charge in [0.25, 0.3) is 0 Å². The van der Waals surface area contributed by atoms with E-state index in [9.17, 15) is 9.59 Å². The molecule has 0 atom stereocenters. The Kier molecular flexibility index (Phi) is 3.85. The zero-order chi connectivity index (χ0) is 13.3. The predicted octanol–water partition coefficient (Wildman–Crippen LogP) is 1.15. The van der Waals surface area contributed by atoms with Crippen LogP contribution in [0.25, 0.3) is 0 Å². The number of rotatable bonds is 4. The summed E-state index contributed by atoms with van der Waals surface area (Å²) in [5.74, 6) is 0.499. The summed E-state index contributed by atoms with van der Waals surface area (Å²) in [6.07, 6.45) is 2.38. The minimum absolute atomic E-state index is 0.0310. The number of hydrogen-bond donors (Lipinski definition) is 1. The van der Waals surface area contributed by atoms with Crippen LogP contribution in [0, 0.1) is 19.8 Å². The fourth-order valence-electron chi connectivity index (χ4n) is 1.74. The van der Waals surface area contributed by atoms with Gasteiger partial charge in [-0.2, -0.15) is 4.98 Å². The van der Waals surface area contributed by atoms with Gasteiger partial charge in [-0.3, -0.25) is 9.36 Å². The SMILES string of the molecule is Cc1nc(=O)n(CC(=O)NCC2CC2)c(C)c1Br. The van der Waals surface area contributed by atoms with Crippen LogP contribution >= 0.6 is 15.9 Å². The maximum atomic E-state index is 11.8. The summed E-state index contributed by atoms with van der Waals surface area (Å²) in [6, 6.07) is 0. The first-order valence-corrected chi connectivity index (χ1v) is 6.78. The molecule has 0 aliphatic heterocycles. The van der Waals surface area contributed by atoms with Crippen molar-refractivity contribution in [1.82, 2.24) is 14.9 Å². The fraction of sp³-hybridized carbons (Fsp3) is 0.583. The van der Waals surface area contributed by atoms with Crippen molar-refractivity contribution in [1.29, 1.82) is 0 Å². The standard InChI is InChI=1S/C12H16BrN3O2/c1-7-11(13)8(2)16(12(18)15-7)6-10(17)14-5-9-3-4-9/h9H,3-6H2,1-2H3,(H,14,17). The van der Waals surface area contributed by atoms with Gasteiger partial charge in [0.2, 0.25) is 5.91 Å². The normalized spacial score (nSPS) is 14.6. The smallest absolute Gasteiger partial charge is 0.348 e. The summed E-state index contributed by atoms with van der Waals surface area (Å²) < 4.78 is 2.16. The summed E-state index contributed by atoms with van der Waals surface area (Å²) in [5, 5.41) is 2.84. The number of aromatic nitrogens is 2. The Labute approximate surface area is 114 Å². The summed E-state index contributed by atoms with van der Waals surface area (Å²) in [6.45, 7) is 4.31. The van der Waals surface area contributed by atoms with Crippen molar-refractivity contribution < 1.29 is 4.79 Å². The van der Waals surface area contributed by atoms with E-state index >= 15 is 0 Å². The molecule has 1 aliphatic rings. The highest BCUT2D eigenvalue weighted by Crippen LogP contribution is 2.27. The number of amides is 1. The van der Waals surface area contributed by atoms with Crippen LogP contribution in [0.3, 0.4) is 0 Å². The molecule has 1 saturated carbocycles. The third kappa shape index (κ3) is 2.98. The van der Waals surface area contributed by atoms with E-state index in [1.54, 1.807) is 13.8 Å². The molecular weight excluding hydrogens is 298 g/mol. The quantitative estimate of drug-likeness (QED) is 0.907. The number of nitrogens with one attached hydrogen (secondary N) is 1. The number of carbonyl (C=O) groups is 1. The van der Waals surface area contributed by atoms with Crippen LogP contribution in [-0.4, -0.2) is 22.0 Å². The predicted molar refractivity (Wildman–Crippen MR) is 71.4 cm³/mol. The van der Waals surface area contributed by atoms with Crippen molar-refractivity contribution in [2.75, 3.05) is 6.54 Å². The molecule has 0 unspecified atom stereocenters. The summed E-state index contributed by atoms with van der Waals surface area (Å²) in [7, 11) is 0. The van der Waals surface area contributed by atoms with Crippen molar-refractivity contribution in [3.63, 3.8) is 0 Å². The van der Waals surface area contributed by atoms with Crippen LogP contribution in [0.1, 0.15) is 24.2 Å². The molecule has 18 heavy (non-hydrogen) atoms. The lowest BCUT2D eigenvalue weighted by Crippen LogP contribution is -2.35. The van der Waals surface area contributed by atoms with Gasteiger partial charge in [0.1, 0.15) is 6.54 Å². The Hall–Kier alpha value is -1.17. The van der Waals surface area contributed by atoms with Crippen molar-refractivity contribution in [2.45, 2.75) is 33.2 Å². The van der Waals surface area contributed by atoms with E-state index in [1.165, 1.54) is 17.4 Å². The van der Waals surface area contributed by atoms with E-state index in [0.29, 0.717) is 18.2 Å². The van der Waals surface area contributed by atoms with Gasteiger partial charge in [-0.15, -0.1) is 0 Å². The highest BCUT2D eigenvalue weighted by molar-refractivity contribution is 9.10. The van der Waals surface area contributed by atoms with Gasteiger partial charge in [-0.1, -0.05) is 0 Å². The van der Waals surface area contributed by atoms with Crippen molar-refractivity contribution in [2.24, 2.45) is 5.92 Å².